The molecule has 0 saturated heterocycles. The molecular formula is C17H24N4. The van der Waals surface area contributed by atoms with Gasteiger partial charge in [-0.15, -0.1) is 0 Å². The van der Waals surface area contributed by atoms with Gasteiger partial charge in [0.25, 0.3) is 0 Å². The molecule has 0 amide bonds. The fourth-order valence-corrected chi connectivity index (χ4v) is 2.36. The van der Waals surface area contributed by atoms with Gasteiger partial charge in [0.2, 0.25) is 0 Å². The first-order valence-corrected chi connectivity index (χ1v) is 7.46. The van der Waals surface area contributed by atoms with E-state index in [9.17, 15) is 0 Å². The summed E-state index contributed by atoms with van der Waals surface area (Å²) in [5.74, 6) is 2.13. The third-order valence-corrected chi connectivity index (χ3v) is 3.66. The fraction of sp³-hybridized carbons (Fsp3) is 0.412. The van der Waals surface area contributed by atoms with Crippen molar-refractivity contribution in [1.29, 1.82) is 0 Å². The van der Waals surface area contributed by atoms with Crippen LogP contribution in [-0.2, 0) is 0 Å². The van der Waals surface area contributed by atoms with Crippen molar-refractivity contribution in [3.63, 3.8) is 0 Å². The van der Waals surface area contributed by atoms with E-state index in [1.54, 1.807) is 6.33 Å². The molecule has 21 heavy (non-hydrogen) atoms. The van der Waals surface area contributed by atoms with Crippen molar-refractivity contribution >= 4 is 17.3 Å². The number of nitrogens with zero attached hydrogens (tertiary/aromatic N) is 2. The molecular weight excluding hydrogens is 260 g/mol. The predicted molar refractivity (Wildman–Crippen MR) is 89.5 cm³/mol. The molecule has 2 N–H and O–H groups in total. The molecule has 0 spiro atoms. The first-order valence-electron chi connectivity index (χ1n) is 7.46. The Morgan fingerprint density at radius 3 is 2.48 bits per heavy atom. The average molecular weight is 284 g/mol. The van der Waals surface area contributed by atoms with Gasteiger partial charge in [-0.25, -0.2) is 9.97 Å². The molecule has 0 unspecified atom stereocenters. The number of anilines is 3. The quantitative estimate of drug-likeness (QED) is 0.854. The summed E-state index contributed by atoms with van der Waals surface area (Å²) in [4.78, 5) is 8.82. The van der Waals surface area contributed by atoms with Crippen molar-refractivity contribution in [3.05, 3.63) is 41.2 Å². The Bertz CT molecular complexity index is 620. The summed E-state index contributed by atoms with van der Waals surface area (Å²) >= 11 is 0. The molecule has 1 aromatic carbocycles. The summed E-state index contributed by atoms with van der Waals surface area (Å²) in [7, 11) is 0. The van der Waals surface area contributed by atoms with E-state index in [1.807, 2.05) is 0 Å². The SMILES string of the molecule is CCNc1ncnc(Nc2cccc(C)c2C)c1C(C)C. The Morgan fingerprint density at radius 2 is 1.81 bits per heavy atom. The minimum absolute atomic E-state index is 0.341. The van der Waals surface area contributed by atoms with Crippen molar-refractivity contribution in [2.75, 3.05) is 17.2 Å². The number of hydrogen-bond acceptors (Lipinski definition) is 4. The van der Waals surface area contributed by atoms with Crippen LogP contribution in [0, 0.1) is 13.8 Å². The van der Waals surface area contributed by atoms with Gasteiger partial charge in [-0.3, -0.25) is 0 Å². The van der Waals surface area contributed by atoms with Gasteiger partial charge in [0, 0.05) is 17.8 Å². The van der Waals surface area contributed by atoms with Crippen LogP contribution >= 0.6 is 0 Å². The van der Waals surface area contributed by atoms with Crippen molar-refractivity contribution in [2.24, 2.45) is 0 Å². The van der Waals surface area contributed by atoms with E-state index < -0.39 is 0 Å². The van der Waals surface area contributed by atoms with E-state index in [4.69, 9.17) is 0 Å². The highest BCUT2D eigenvalue weighted by Crippen LogP contribution is 2.31. The number of aryl methyl sites for hydroxylation is 1. The summed E-state index contributed by atoms with van der Waals surface area (Å²) in [6.45, 7) is 11.5. The Labute approximate surface area is 127 Å². The van der Waals surface area contributed by atoms with Crippen LogP contribution in [0.15, 0.2) is 24.5 Å². The van der Waals surface area contributed by atoms with Crippen LogP contribution in [0.2, 0.25) is 0 Å². The molecule has 4 heteroatoms. The lowest BCUT2D eigenvalue weighted by atomic mass is 10.0. The molecule has 0 aliphatic heterocycles. The molecule has 0 saturated carbocycles. The third kappa shape index (κ3) is 3.32. The largest absolute Gasteiger partial charge is 0.370 e. The molecule has 0 fully saturated rings. The van der Waals surface area contributed by atoms with Crippen LogP contribution in [0.4, 0.5) is 17.3 Å². The third-order valence-electron chi connectivity index (χ3n) is 3.66. The first kappa shape index (κ1) is 15.3. The van der Waals surface area contributed by atoms with Crippen molar-refractivity contribution < 1.29 is 0 Å². The van der Waals surface area contributed by atoms with E-state index in [0.29, 0.717) is 5.92 Å². The van der Waals surface area contributed by atoms with Crippen molar-refractivity contribution in [1.82, 2.24) is 9.97 Å². The van der Waals surface area contributed by atoms with E-state index in [0.717, 1.165) is 29.4 Å². The highest BCUT2D eigenvalue weighted by Gasteiger charge is 2.15. The summed E-state index contributed by atoms with van der Waals surface area (Å²) in [6, 6.07) is 6.27. The highest BCUT2D eigenvalue weighted by atomic mass is 15.1. The molecule has 1 aromatic heterocycles. The molecule has 1 heterocycles. The van der Waals surface area contributed by atoms with E-state index in [1.165, 1.54) is 11.1 Å². The maximum Gasteiger partial charge on any atom is 0.139 e. The second kappa shape index (κ2) is 6.57. The molecule has 2 rings (SSSR count). The minimum Gasteiger partial charge on any atom is -0.370 e. The van der Waals surface area contributed by atoms with Crippen LogP contribution in [0.3, 0.4) is 0 Å². The molecule has 0 radical (unpaired) electrons. The lowest BCUT2D eigenvalue weighted by molar-refractivity contribution is 0.849. The number of benzene rings is 1. The Balaban J connectivity index is 2.44. The summed E-state index contributed by atoms with van der Waals surface area (Å²) in [5, 5.41) is 6.79. The van der Waals surface area contributed by atoms with Crippen LogP contribution in [0.5, 0.6) is 0 Å². The van der Waals surface area contributed by atoms with Gasteiger partial charge in [-0.05, 0) is 43.9 Å². The Kier molecular flexibility index (Phi) is 4.78. The second-order valence-electron chi connectivity index (χ2n) is 5.54. The lowest BCUT2D eigenvalue weighted by Crippen LogP contribution is -2.09. The second-order valence-corrected chi connectivity index (χ2v) is 5.54. The van der Waals surface area contributed by atoms with E-state index >= 15 is 0 Å². The van der Waals surface area contributed by atoms with Gasteiger partial charge in [-0.1, -0.05) is 26.0 Å². The van der Waals surface area contributed by atoms with Crippen LogP contribution in [0.25, 0.3) is 0 Å². The maximum atomic E-state index is 4.45. The van der Waals surface area contributed by atoms with E-state index in [2.05, 4.69) is 73.4 Å². The van der Waals surface area contributed by atoms with Crippen molar-refractivity contribution in [3.8, 4) is 0 Å². The first-order chi connectivity index (χ1) is 10.0. The molecule has 4 nitrogen and oxygen atoms in total. The lowest BCUT2D eigenvalue weighted by Gasteiger charge is -2.18. The predicted octanol–water partition coefficient (Wildman–Crippen LogP) is 4.39. The summed E-state index contributed by atoms with van der Waals surface area (Å²) in [5.41, 5.74) is 4.74. The molecule has 0 aliphatic rings. The number of nitrogens with one attached hydrogen (secondary N) is 2. The van der Waals surface area contributed by atoms with Crippen molar-refractivity contribution in [2.45, 2.75) is 40.5 Å². The van der Waals surface area contributed by atoms with Crippen LogP contribution < -0.4 is 10.6 Å². The van der Waals surface area contributed by atoms with Gasteiger partial charge in [0.1, 0.15) is 18.0 Å². The molecule has 2 aromatic rings. The summed E-state index contributed by atoms with van der Waals surface area (Å²) in [6.07, 6.45) is 1.61. The van der Waals surface area contributed by atoms with Crippen LogP contribution in [-0.4, -0.2) is 16.5 Å². The zero-order valence-corrected chi connectivity index (χ0v) is 13.5. The highest BCUT2D eigenvalue weighted by molar-refractivity contribution is 5.68. The van der Waals surface area contributed by atoms with Gasteiger partial charge >= 0.3 is 0 Å². The molecule has 0 atom stereocenters. The number of rotatable bonds is 5. The van der Waals surface area contributed by atoms with Gasteiger partial charge < -0.3 is 10.6 Å². The van der Waals surface area contributed by atoms with Gasteiger partial charge in [-0.2, -0.15) is 0 Å². The Morgan fingerprint density at radius 1 is 1.10 bits per heavy atom. The van der Waals surface area contributed by atoms with Crippen LogP contribution in [0.1, 0.15) is 43.4 Å². The number of aromatic nitrogens is 2. The minimum atomic E-state index is 0.341. The topological polar surface area (TPSA) is 49.8 Å². The summed E-state index contributed by atoms with van der Waals surface area (Å²) < 4.78 is 0. The van der Waals surface area contributed by atoms with Gasteiger partial charge in [0.05, 0.1) is 0 Å². The zero-order chi connectivity index (χ0) is 15.4. The standard InChI is InChI=1S/C17H24N4/c1-6-18-16-15(11(2)3)17(20-10-19-16)21-14-9-7-8-12(4)13(14)5/h7-11H,6H2,1-5H3,(H2,18,19,20,21). The zero-order valence-electron chi connectivity index (χ0n) is 13.5. The molecule has 112 valence electrons. The smallest absolute Gasteiger partial charge is 0.139 e. The monoisotopic (exact) mass is 284 g/mol. The molecule has 0 aliphatic carbocycles. The van der Waals surface area contributed by atoms with E-state index in [-0.39, 0.29) is 0 Å². The number of hydrogen-bond donors (Lipinski definition) is 2. The Hall–Kier alpha value is -2.10. The average Bonchev–Trinajstić information content (AvgIpc) is 2.44. The fourth-order valence-electron chi connectivity index (χ4n) is 2.36. The maximum absolute atomic E-state index is 4.45. The molecule has 0 bridgehead atoms. The van der Waals surface area contributed by atoms with Gasteiger partial charge in [0.15, 0.2) is 0 Å². The normalized spacial score (nSPS) is 10.8.